The van der Waals surface area contributed by atoms with E-state index >= 15 is 0 Å². The van der Waals surface area contributed by atoms with Gasteiger partial charge in [0.2, 0.25) is 0 Å². The molecular weight excluding hydrogens is 236 g/mol. The maximum absolute atomic E-state index is 5.29. The van der Waals surface area contributed by atoms with Gasteiger partial charge in [-0.3, -0.25) is 0 Å². The van der Waals surface area contributed by atoms with E-state index in [1.165, 1.54) is 17.7 Å². The van der Waals surface area contributed by atoms with Crippen molar-refractivity contribution in [3.8, 4) is 0 Å². The van der Waals surface area contributed by atoms with Gasteiger partial charge in [0.05, 0.1) is 6.61 Å². The Balaban J connectivity index is 1.96. The van der Waals surface area contributed by atoms with Crippen LogP contribution in [0.25, 0.3) is 0 Å². The first-order valence-electron chi connectivity index (χ1n) is 7.26. The lowest BCUT2D eigenvalue weighted by Gasteiger charge is -2.22. The van der Waals surface area contributed by atoms with Crippen LogP contribution in [0.15, 0.2) is 24.3 Å². The van der Waals surface area contributed by atoms with Crippen molar-refractivity contribution in [3.05, 3.63) is 29.8 Å². The number of para-hydroxylation sites is 1. The summed E-state index contributed by atoms with van der Waals surface area (Å²) < 4.78 is 5.29. The summed E-state index contributed by atoms with van der Waals surface area (Å²) in [4.78, 5) is 2.50. The fourth-order valence-electron chi connectivity index (χ4n) is 2.72. The van der Waals surface area contributed by atoms with E-state index in [2.05, 4.69) is 48.3 Å². The smallest absolute Gasteiger partial charge is 0.0733 e. The summed E-state index contributed by atoms with van der Waals surface area (Å²) in [6, 6.07) is 9.17. The molecule has 1 aliphatic heterocycles. The predicted molar refractivity (Wildman–Crippen MR) is 80.6 cm³/mol. The van der Waals surface area contributed by atoms with E-state index < -0.39 is 0 Å². The van der Waals surface area contributed by atoms with Gasteiger partial charge in [-0.1, -0.05) is 32.0 Å². The van der Waals surface area contributed by atoms with Crippen molar-refractivity contribution in [2.24, 2.45) is 5.92 Å². The second-order valence-electron chi connectivity index (χ2n) is 5.73. The first-order valence-corrected chi connectivity index (χ1v) is 7.26. The summed E-state index contributed by atoms with van der Waals surface area (Å²) in [7, 11) is 1.76. The molecular formula is C16H26N2O. The van der Waals surface area contributed by atoms with E-state index in [0.717, 1.165) is 25.6 Å². The van der Waals surface area contributed by atoms with E-state index in [-0.39, 0.29) is 0 Å². The minimum absolute atomic E-state index is 0.579. The molecule has 1 saturated heterocycles. The monoisotopic (exact) mass is 262 g/mol. The van der Waals surface area contributed by atoms with Crippen LogP contribution in [0.5, 0.6) is 0 Å². The molecule has 0 aliphatic carbocycles. The molecule has 1 atom stereocenters. The van der Waals surface area contributed by atoms with Crippen molar-refractivity contribution in [2.45, 2.75) is 32.9 Å². The lowest BCUT2D eigenvalue weighted by Crippen LogP contribution is -2.30. The lowest BCUT2D eigenvalue weighted by molar-refractivity contribution is 0.185. The zero-order chi connectivity index (χ0) is 13.7. The summed E-state index contributed by atoms with van der Waals surface area (Å²) in [5, 5.41) is 3.55. The van der Waals surface area contributed by atoms with Gasteiger partial charge in [0.15, 0.2) is 0 Å². The van der Waals surface area contributed by atoms with E-state index in [4.69, 9.17) is 4.74 Å². The average Bonchev–Trinajstić information content (AvgIpc) is 2.86. The minimum atomic E-state index is 0.579. The van der Waals surface area contributed by atoms with Gasteiger partial charge in [-0.05, 0) is 24.9 Å². The number of methoxy groups -OCH3 is 1. The van der Waals surface area contributed by atoms with E-state index in [1.54, 1.807) is 7.11 Å². The molecule has 19 heavy (non-hydrogen) atoms. The Kier molecular flexibility index (Phi) is 5.23. The summed E-state index contributed by atoms with van der Waals surface area (Å²) >= 11 is 0. The molecule has 106 valence electrons. The molecule has 1 aromatic rings. The van der Waals surface area contributed by atoms with Crippen LogP contribution in [0.3, 0.4) is 0 Å². The number of benzene rings is 1. The Morgan fingerprint density at radius 3 is 2.89 bits per heavy atom. The van der Waals surface area contributed by atoms with Crippen molar-refractivity contribution < 1.29 is 4.74 Å². The number of hydrogen-bond donors (Lipinski definition) is 1. The molecule has 0 aromatic heterocycles. The number of hydrogen-bond acceptors (Lipinski definition) is 3. The highest BCUT2D eigenvalue weighted by atomic mass is 16.5. The first kappa shape index (κ1) is 14.4. The Labute approximate surface area is 116 Å². The summed E-state index contributed by atoms with van der Waals surface area (Å²) in [5.74, 6) is 0.762. The van der Waals surface area contributed by atoms with E-state index in [0.29, 0.717) is 12.6 Å². The average molecular weight is 262 g/mol. The molecule has 3 nitrogen and oxygen atoms in total. The fourth-order valence-corrected chi connectivity index (χ4v) is 2.72. The van der Waals surface area contributed by atoms with Crippen LogP contribution in [0.2, 0.25) is 0 Å². The summed E-state index contributed by atoms with van der Waals surface area (Å²) in [5.41, 5.74) is 2.64. The molecule has 2 rings (SSSR count). The Morgan fingerprint density at radius 1 is 1.37 bits per heavy atom. The van der Waals surface area contributed by atoms with Crippen LogP contribution in [0, 0.1) is 5.92 Å². The van der Waals surface area contributed by atoms with Gasteiger partial charge in [0.1, 0.15) is 0 Å². The molecule has 0 saturated carbocycles. The largest absolute Gasteiger partial charge is 0.380 e. The van der Waals surface area contributed by atoms with Gasteiger partial charge in [-0.25, -0.2) is 0 Å². The van der Waals surface area contributed by atoms with Gasteiger partial charge in [-0.2, -0.15) is 0 Å². The third-order valence-corrected chi connectivity index (χ3v) is 3.73. The van der Waals surface area contributed by atoms with Crippen LogP contribution in [0.4, 0.5) is 5.69 Å². The van der Waals surface area contributed by atoms with Crippen LogP contribution in [0.1, 0.15) is 25.8 Å². The quantitative estimate of drug-likeness (QED) is 0.853. The Hall–Kier alpha value is -1.06. The van der Waals surface area contributed by atoms with Gasteiger partial charge in [-0.15, -0.1) is 0 Å². The third kappa shape index (κ3) is 3.95. The zero-order valence-corrected chi connectivity index (χ0v) is 12.4. The molecule has 0 radical (unpaired) electrons. The van der Waals surface area contributed by atoms with Crippen molar-refractivity contribution in [3.63, 3.8) is 0 Å². The topological polar surface area (TPSA) is 24.5 Å². The van der Waals surface area contributed by atoms with Gasteiger partial charge in [0.25, 0.3) is 0 Å². The fraction of sp³-hybridized carbons (Fsp3) is 0.625. The molecule has 3 heteroatoms. The van der Waals surface area contributed by atoms with Crippen LogP contribution >= 0.6 is 0 Å². The number of nitrogens with one attached hydrogen (secondary N) is 1. The number of rotatable bonds is 6. The number of anilines is 1. The van der Waals surface area contributed by atoms with Gasteiger partial charge in [0, 0.05) is 37.5 Å². The van der Waals surface area contributed by atoms with Crippen LogP contribution < -0.4 is 10.2 Å². The maximum Gasteiger partial charge on any atom is 0.0733 e. The lowest BCUT2D eigenvalue weighted by atomic mass is 10.1. The second kappa shape index (κ2) is 6.92. The Morgan fingerprint density at radius 2 is 2.16 bits per heavy atom. The van der Waals surface area contributed by atoms with Crippen LogP contribution in [-0.4, -0.2) is 32.8 Å². The molecule has 0 spiro atoms. The molecule has 0 bridgehead atoms. The standard InChI is InChI=1S/C16H26N2O/c1-13(2)17-10-14-8-9-18(11-14)16-7-5-4-6-15(16)12-19-3/h4-7,13-14,17H,8-12H2,1-3H3. The molecule has 1 fully saturated rings. The molecule has 1 aromatic carbocycles. The molecule has 0 amide bonds. The second-order valence-corrected chi connectivity index (χ2v) is 5.73. The SMILES string of the molecule is COCc1ccccc1N1CCC(CNC(C)C)C1. The maximum atomic E-state index is 5.29. The minimum Gasteiger partial charge on any atom is -0.380 e. The highest BCUT2D eigenvalue weighted by Crippen LogP contribution is 2.27. The highest BCUT2D eigenvalue weighted by molar-refractivity contribution is 5.54. The molecule has 1 N–H and O–H groups in total. The number of nitrogens with zero attached hydrogens (tertiary/aromatic N) is 1. The normalized spacial score (nSPS) is 19.4. The van der Waals surface area contributed by atoms with E-state index in [9.17, 15) is 0 Å². The van der Waals surface area contributed by atoms with Crippen molar-refractivity contribution in [2.75, 3.05) is 31.6 Å². The van der Waals surface area contributed by atoms with Crippen molar-refractivity contribution >= 4 is 5.69 Å². The molecule has 1 aliphatic rings. The predicted octanol–water partition coefficient (Wildman–Crippen LogP) is 2.66. The van der Waals surface area contributed by atoms with Gasteiger partial charge >= 0.3 is 0 Å². The Bertz CT molecular complexity index is 392. The van der Waals surface area contributed by atoms with E-state index in [1.807, 2.05) is 0 Å². The zero-order valence-electron chi connectivity index (χ0n) is 12.4. The van der Waals surface area contributed by atoms with Crippen LogP contribution in [-0.2, 0) is 11.3 Å². The third-order valence-electron chi connectivity index (χ3n) is 3.73. The molecule has 1 unspecified atom stereocenters. The summed E-state index contributed by atoms with van der Waals surface area (Å²) in [6.45, 7) is 8.55. The molecule has 1 heterocycles. The highest BCUT2D eigenvalue weighted by Gasteiger charge is 2.23. The number of ether oxygens (including phenoxy) is 1. The van der Waals surface area contributed by atoms with Gasteiger partial charge < -0.3 is 15.0 Å². The summed E-state index contributed by atoms with van der Waals surface area (Å²) in [6.07, 6.45) is 1.28. The van der Waals surface area contributed by atoms with Crippen molar-refractivity contribution in [1.82, 2.24) is 5.32 Å². The van der Waals surface area contributed by atoms with Crippen molar-refractivity contribution in [1.29, 1.82) is 0 Å². The first-order chi connectivity index (χ1) is 9.20.